The number of anilines is 1. The van der Waals surface area contributed by atoms with Gasteiger partial charge >= 0.3 is 12.1 Å². The Kier molecular flexibility index (Phi) is 10.1. The highest BCUT2D eigenvalue weighted by atomic mass is 19.4. The first kappa shape index (κ1) is 30.4. The molecule has 40 heavy (non-hydrogen) atoms. The third kappa shape index (κ3) is 8.17. The standard InChI is InChI=1S/C29H31F4N3O4/c1-4-17(2)25(36-21-8-5-19(6-9-21)28(39)34-14-13-27(37)38)16-40-26-12-11-22(18(3)35-26)23-10-7-20(15-24(23)30)29(31,32)33/h5-12,15,17,25,36H,4,13-14,16H2,1-3H3,(H,34,39)(H,37,38)/t17-,25+/m0/s1. The Morgan fingerprint density at radius 1 is 1.05 bits per heavy atom. The maximum absolute atomic E-state index is 14.5. The van der Waals surface area contributed by atoms with E-state index < -0.39 is 23.5 Å². The molecule has 0 saturated carbocycles. The molecule has 2 atom stereocenters. The van der Waals surface area contributed by atoms with Crippen molar-refractivity contribution in [3.05, 3.63) is 77.2 Å². The average molecular weight is 562 g/mol. The summed E-state index contributed by atoms with van der Waals surface area (Å²) in [6.07, 6.45) is -3.95. The van der Waals surface area contributed by atoms with Crippen LogP contribution in [-0.2, 0) is 11.0 Å². The predicted octanol–water partition coefficient (Wildman–Crippen LogP) is 6.33. The van der Waals surface area contributed by atoms with Gasteiger partial charge in [0.15, 0.2) is 0 Å². The van der Waals surface area contributed by atoms with Crippen molar-refractivity contribution in [2.24, 2.45) is 5.92 Å². The maximum atomic E-state index is 14.5. The maximum Gasteiger partial charge on any atom is 0.416 e. The Labute approximate surface area is 229 Å². The number of alkyl halides is 3. The number of benzene rings is 2. The van der Waals surface area contributed by atoms with Crippen molar-refractivity contribution in [1.82, 2.24) is 10.3 Å². The summed E-state index contributed by atoms with van der Waals surface area (Å²) < 4.78 is 59.1. The number of carbonyl (C=O) groups excluding carboxylic acids is 1. The van der Waals surface area contributed by atoms with Crippen LogP contribution in [0.5, 0.6) is 5.88 Å². The van der Waals surface area contributed by atoms with Crippen molar-refractivity contribution < 1.29 is 37.0 Å². The molecule has 1 heterocycles. The zero-order valence-electron chi connectivity index (χ0n) is 22.3. The summed E-state index contributed by atoms with van der Waals surface area (Å²) in [4.78, 5) is 27.2. The number of amides is 1. The van der Waals surface area contributed by atoms with E-state index in [9.17, 15) is 27.2 Å². The van der Waals surface area contributed by atoms with Crippen molar-refractivity contribution in [3.63, 3.8) is 0 Å². The van der Waals surface area contributed by atoms with E-state index in [0.717, 1.165) is 24.2 Å². The van der Waals surface area contributed by atoms with Crippen LogP contribution in [-0.4, -0.2) is 41.2 Å². The SMILES string of the molecule is CC[C@H](C)[C@@H](COc1ccc(-c2ccc(C(F)(F)F)cc2F)c(C)n1)Nc1ccc(C(=O)NCCC(=O)O)cc1. The lowest BCUT2D eigenvalue weighted by Crippen LogP contribution is -2.33. The Morgan fingerprint density at radius 2 is 1.73 bits per heavy atom. The molecular formula is C29H31F4N3O4. The molecule has 3 aromatic rings. The highest BCUT2D eigenvalue weighted by Crippen LogP contribution is 2.34. The van der Waals surface area contributed by atoms with Crippen LogP contribution in [0.15, 0.2) is 54.6 Å². The van der Waals surface area contributed by atoms with Crippen LogP contribution < -0.4 is 15.4 Å². The fraction of sp³-hybridized carbons (Fsp3) is 0.345. The number of carboxylic acid groups (broad SMARTS) is 1. The second-order valence-corrected chi connectivity index (χ2v) is 9.40. The first-order valence-corrected chi connectivity index (χ1v) is 12.7. The molecule has 1 aromatic heterocycles. The van der Waals surface area contributed by atoms with Crippen LogP contribution in [0.25, 0.3) is 11.1 Å². The van der Waals surface area contributed by atoms with Gasteiger partial charge in [0.1, 0.15) is 12.4 Å². The number of pyridine rings is 1. The van der Waals surface area contributed by atoms with E-state index in [1.165, 1.54) is 0 Å². The lowest BCUT2D eigenvalue weighted by atomic mass is 9.99. The fourth-order valence-corrected chi connectivity index (χ4v) is 3.94. The van der Waals surface area contributed by atoms with E-state index in [0.29, 0.717) is 22.9 Å². The Balaban J connectivity index is 1.66. The first-order valence-electron chi connectivity index (χ1n) is 12.7. The fourth-order valence-electron chi connectivity index (χ4n) is 3.94. The summed E-state index contributed by atoms with van der Waals surface area (Å²) in [6.45, 7) is 6.01. The molecule has 0 aliphatic rings. The van der Waals surface area contributed by atoms with Gasteiger partial charge in [-0.1, -0.05) is 26.3 Å². The van der Waals surface area contributed by atoms with Crippen LogP contribution in [0.2, 0.25) is 0 Å². The van der Waals surface area contributed by atoms with Gasteiger partial charge in [0.25, 0.3) is 5.91 Å². The molecule has 11 heteroatoms. The third-order valence-corrected chi connectivity index (χ3v) is 6.51. The summed E-state index contributed by atoms with van der Waals surface area (Å²) in [6, 6.07) is 12.1. The number of aromatic nitrogens is 1. The number of carbonyl (C=O) groups is 2. The van der Waals surface area contributed by atoms with Crippen LogP contribution in [0, 0.1) is 18.7 Å². The van der Waals surface area contributed by atoms with Crippen LogP contribution in [0.3, 0.4) is 0 Å². The zero-order chi connectivity index (χ0) is 29.4. The van der Waals surface area contributed by atoms with Crippen LogP contribution >= 0.6 is 0 Å². The largest absolute Gasteiger partial charge is 0.481 e. The molecule has 0 fully saturated rings. The van der Waals surface area contributed by atoms with Crippen LogP contribution in [0.4, 0.5) is 23.2 Å². The molecule has 0 unspecified atom stereocenters. The van der Waals surface area contributed by atoms with Crippen LogP contribution in [0.1, 0.15) is 48.3 Å². The first-order chi connectivity index (χ1) is 18.9. The van der Waals surface area contributed by atoms with E-state index in [4.69, 9.17) is 9.84 Å². The molecule has 0 radical (unpaired) electrons. The number of halogens is 4. The van der Waals surface area contributed by atoms with E-state index in [2.05, 4.69) is 22.5 Å². The molecule has 3 N–H and O–H groups in total. The number of aliphatic carboxylic acids is 1. The molecule has 214 valence electrons. The van der Waals surface area contributed by atoms with Gasteiger partial charge in [-0.15, -0.1) is 0 Å². The minimum atomic E-state index is -4.63. The van der Waals surface area contributed by atoms with Gasteiger partial charge in [-0.05, 0) is 55.3 Å². The van der Waals surface area contributed by atoms with Gasteiger partial charge in [0.2, 0.25) is 5.88 Å². The second kappa shape index (κ2) is 13.3. The lowest BCUT2D eigenvalue weighted by Gasteiger charge is -2.25. The van der Waals surface area contributed by atoms with Crippen molar-refractivity contribution in [2.45, 2.75) is 45.8 Å². The molecule has 7 nitrogen and oxygen atoms in total. The number of nitrogens with one attached hydrogen (secondary N) is 2. The number of nitrogens with zero attached hydrogens (tertiary/aromatic N) is 1. The molecule has 0 bridgehead atoms. The summed E-state index contributed by atoms with van der Waals surface area (Å²) >= 11 is 0. The molecular weight excluding hydrogens is 530 g/mol. The number of aryl methyl sites for hydroxylation is 1. The summed E-state index contributed by atoms with van der Waals surface area (Å²) in [7, 11) is 0. The quantitative estimate of drug-likeness (QED) is 0.224. The third-order valence-electron chi connectivity index (χ3n) is 6.51. The normalized spacial score (nSPS) is 12.9. The van der Waals surface area contributed by atoms with Crippen molar-refractivity contribution in [3.8, 4) is 17.0 Å². The molecule has 0 aliphatic heterocycles. The number of carboxylic acids is 1. The molecule has 2 aromatic carbocycles. The van der Waals surface area contributed by atoms with Crippen molar-refractivity contribution in [1.29, 1.82) is 0 Å². The Hall–Kier alpha value is -4.15. The van der Waals surface area contributed by atoms with Gasteiger partial charge in [-0.3, -0.25) is 9.59 Å². The molecule has 1 amide bonds. The molecule has 0 saturated heterocycles. The van der Waals surface area contributed by atoms with E-state index in [-0.39, 0.29) is 48.9 Å². The minimum absolute atomic E-state index is 0.0164. The highest BCUT2D eigenvalue weighted by molar-refractivity contribution is 5.94. The topological polar surface area (TPSA) is 101 Å². The van der Waals surface area contributed by atoms with Crippen molar-refractivity contribution in [2.75, 3.05) is 18.5 Å². The van der Waals surface area contributed by atoms with Gasteiger partial charge in [-0.25, -0.2) is 9.37 Å². The average Bonchev–Trinajstić information content (AvgIpc) is 2.90. The minimum Gasteiger partial charge on any atom is -0.481 e. The second-order valence-electron chi connectivity index (χ2n) is 9.40. The Bertz CT molecular complexity index is 1330. The van der Waals surface area contributed by atoms with Gasteiger partial charge < -0.3 is 20.5 Å². The van der Waals surface area contributed by atoms with E-state index >= 15 is 0 Å². The summed E-state index contributed by atoms with van der Waals surface area (Å²) in [5, 5.41) is 14.6. The van der Waals surface area contributed by atoms with Crippen molar-refractivity contribution >= 4 is 17.6 Å². The summed E-state index contributed by atoms with van der Waals surface area (Å²) in [5.74, 6) is -1.86. The molecule has 3 rings (SSSR count). The van der Waals surface area contributed by atoms with Gasteiger partial charge in [0.05, 0.1) is 18.0 Å². The highest BCUT2D eigenvalue weighted by Gasteiger charge is 2.31. The summed E-state index contributed by atoms with van der Waals surface area (Å²) in [5.41, 5.74) is 0.882. The number of ether oxygens (including phenoxy) is 1. The van der Waals surface area contributed by atoms with Gasteiger partial charge in [0, 0.05) is 40.7 Å². The number of rotatable bonds is 12. The van der Waals surface area contributed by atoms with E-state index in [1.54, 1.807) is 43.3 Å². The monoisotopic (exact) mass is 561 g/mol. The predicted molar refractivity (Wildman–Crippen MR) is 143 cm³/mol. The molecule has 0 aliphatic carbocycles. The molecule has 0 spiro atoms. The van der Waals surface area contributed by atoms with Gasteiger partial charge in [-0.2, -0.15) is 13.2 Å². The lowest BCUT2D eigenvalue weighted by molar-refractivity contribution is -0.138. The smallest absolute Gasteiger partial charge is 0.416 e. The zero-order valence-corrected chi connectivity index (χ0v) is 22.3. The Morgan fingerprint density at radius 3 is 2.30 bits per heavy atom. The number of hydrogen-bond donors (Lipinski definition) is 3. The van der Waals surface area contributed by atoms with E-state index in [1.807, 2.05) is 6.92 Å². The number of hydrogen-bond acceptors (Lipinski definition) is 5.